The molecule has 1 aromatic carbocycles. The average Bonchev–Trinajstić information content (AvgIpc) is 2.68. The summed E-state index contributed by atoms with van der Waals surface area (Å²) >= 11 is 1.50. The monoisotopic (exact) mass is 278 g/mol. The Labute approximate surface area is 116 Å². The van der Waals surface area contributed by atoms with Gasteiger partial charge in [-0.2, -0.15) is 0 Å². The van der Waals surface area contributed by atoms with Crippen LogP contribution in [0.4, 0.5) is 0 Å². The SMILES string of the molecule is Cc1ccc(C(Sc2n[nH]c(=O)n2C)C(C)N)cc1. The van der Waals surface area contributed by atoms with E-state index in [1.807, 2.05) is 6.92 Å². The van der Waals surface area contributed by atoms with Crippen LogP contribution in [0.5, 0.6) is 0 Å². The van der Waals surface area contributed by atoms with Gasteiger partial charge in [0.15, 0.2) is 5.16 Å². The van der Waals surface area contributed by atoms with E-state index >= 15 is 0 Å². The number of thioether (sulfide) groups is 1. The molecule has 102 valence electrons. The summed E-state index contributed by atoms with van der Waals surface area (Å²) < 4.78 is 1.49. The van der Waals surface area contributed by atoms with Gasteiger partial charge >= 0.3 is 5.69 Å². The van der Waals surface area contributed by atoms with Gasteiger partial charge in [0.1, 0.15) is 0 Å². The third kappa shape index (κ3) is 3.08. The van der Waals surface area contributed by atoms with Crippen molar-refractivity contribution >= 4 is 11.8 Å². The van der Waals surface area contributed by atoms with Crippen molar-refractivity contribution in [2.75, 3.05) is 0 Å². The molecule has 0 amide bonds. The van der Waals surface area contributed by atoms with Crippen LogP contribution in [0.25, 0.3) is 0 Å². The number of hydrogen-bond donors (Lipinski definition) is 2. The van der Waals surface area contributed by atoms with Crippen molar-refractivity contribution in [3.05, 3.63) is 45.9 Å². The number of nitrogens with one attached hydrogen (secondary N) is 1. The zero-order valence-electron chi connectivity index (χ0n) is 11.3. The Morgan fingerprint density at radius 3 is 2.47 bits per heavy atom. The second kappa shape index (κ2) is 5.63. The predicted molar refractivity (Wildman–Crippen MR) is 77.3 cm³/mol. The van der Waals surface area contributed by atoms with E-state index in [9.17, 15) is 4.79 Å². The molecule has 0 fully saturated rings. The quantitative estimate of drug-likeness (QED) is 0.833. The van der Waals surface area contributed by atoms with Gasteiger partial charge in [0.2, 0.25) is 0 Å². The summed E-state index contributed by atoms with van der Waals surface area (Å²) in [4.78, 5) is 11.4. The fraction of sp³-hybridized carbons (Fsp3) is 0.385. The van der Waals surface area contributed by atoms with Gasteiger partial charge in [-0.15, -0.1) is 5.10 Å². The number of nitrogens with zero attached hydrogens (tertiary/aromatic N) is 2. The first-order chi connectivity index (χ1) is 8.99. The number of aromatic amines is 1. The Hall–Kier alpha value is -1.53. The van der Waals surface area contributed by atoms with Crippen LogP contribution >= 0.6 is 11.8 Å². The highest BCUT2D eigenvalue weighted by Gasteiger charge is 2.20. The minimum Gasteiger partial charge on any atom is -0.327 e. The lowest BCUT2D eigenvalue weighted by molar-refractivity contribution is 0.706. The molecule has 5 nitrogen and oxygen atoms in total. The number of benzene rings is 1. The van der Waals surface area contributed by atoms with Gasteiger partial charge in [-0.05, 0) is 19.4 Å². The van der Waals surface area contributed by atoms with Crippen LogP contribution in [0.3, 0.4) is 0 Å². The molecule has 0 aliphatic carbocycles. The van der Waals surface area contributed by atoms with E-state index < -0.39 is 0 Å². The van der Waals surface area contributed by atoms with Gasteiger partial charge in [0.25, 0.3) is 0 Å². The van der Waals surface area contributed by atoms with Crippen LogP contribution in [0.1, 0.15) is 23.3 Å². The van der Waals surface area contributed by atoms with Crippen LogP contribution in [-0.4, -0.2) is 20.8 Å². The molecule has 2 atom stereocenters. The van der Waals surface area contributed by atoms with E-state index in [0.717, 1.165) is 5.56 Å². The van der Waals surface area contributed by atoms with Gasteiger partial charge in [-0.25, -0.2) is 9.89 Å². The predicted octanol–water partition coefficient (Wildman–Crippen LogP) is 1.60. The summed E-state index contributed by atoms with van der Waals surface area (Å²) in [6.45, 7) is 4.01. The smallest absolute Gasteiger partial charge is 0.327 e. The zero-order valence-corrected chi connectivity index (χ0v) is 12.1. The third-order valence-electron chi connectivity index (χ3n) is 2.95. The maximum absolute atomic E-state index is 11.4. The maximum atomic E-state index is 11.4. The molecule has 1 aromatic heterocycles. The third-order valence-corrected chi connectivity index (χ3v) is 4.49. The molecule has 0 aliphatic heterocycles. The van der Waals surface area contributed by atoms with Crippen LogP contribution in [0, 0.1) is 6.92 Å². The van der Waals surface area contributed by atoms with Gasteiger partial charge in [0, 0.05) is 13.1 Å². The van der Waals surface area contributed by atoms with Crippen LogP contribution < -0.4 is 11.4 Å². The lowest BCUT2D eigenvalue weighted by Crippen LogP contribution is -2.23. The summed E-state index contributed by atoms with van der Waals surface area (Å²) in [7, 11) is 1.70. The number of hydrogen-bond acceptors (Lipinski definition) is 4. The first kappa shape index (κ1) is 13.9. The summed E-state index contributed by atoms with van der Waals surface area (Å²) in [5.74, 6) is 0. The minimum absolute atomic E-state index is 0.0421. The van der Waals surface area contributed by atoms with E-state index in [0.29, 0.717) is 5.16 Å². The average molecular weight is 278 g/mol. The fourth-order valence-corrected chi connectivity index (χ4v) is 2.86. The molecule has 0 bridgehead atoms. The molecule has 2 unspecified atom stereocenters. The van der Waals surface area contributed by atoms with Crippen molar-refractivity contribution in [2.45, 2.75) is 30.3 Å². The first-order valence-electron chi connectivity index (χ1n) is 6.09. The lowest BCUT2D eigenvalue weighted by atomic mass is 10.1. The molecule has 19 heavy (non-hydrogen) atoms. The molecule has 2 rings (SSSR count). The van der Waals surface area contributed by atoms with Gasteiger partial charge in [-0.1, -0.05) is 41.6 Å². The van der Waals surface area contributed by atoms with Crippen LogP contribution in [0.2, 0.25) is 0 Å². The van der Waals surface area contributed by atoms with Gasteiger partial charge in [-0.3, -0.25) is 4.57 Å². The van der Waals surface area contributed by atoms with E-state index in [2.05, 4.69) is 41.4 Å². The van der Waals surface area contributed by atoms with E-state index in [4.69, 9.17) is 5.73 Å². The molecular weight excluding hydrogens is 260 g/mol. The Morgan fingerprint density at radius 1 is 1.37 bits per heavy atom. The highest BCUT2D eigenvalue weighted by Crippen LogP contribution is 2.35. The Balaban J connectivity index is 2.29. The lowest BCUT2D eigenvalue weighted by Gasteiger charge is -2.20. The summed E-state index contributed by atoms with van der Waals surface area (Å²) in [5.41, 5.74) is 8.20. The normalized spacial score (nSPS) is 14.3. The summed E-state index contributed by atoms with van der Waals surface area (Å²) in [6, 6.07) is 8.23. The van der Waals surface area contributed by atoms with E-state index in [1.54, 1.807) is 7.05 Å². The van der Waals surface area contributed by atoms with E-state index in [-0.39, 0.29) is 17.0 Å². The Morgan fingerprint density at radius 2 is 2.00 bits per heavy atom. The van der Waals surface area contributed by atoms with Crippen molar-refractivity contribution in [3.8, 4) is 0 Å². The molecule has 0 aliphatic rings. The fourth-order valence-electron chi connectivity index (χ4n) is 1.79. The molecule has 0 saturated heterocycles. The van der Waals surface area contributed by atoms with Gasteiger partial charge in [0.05, 0.1) is 5.25 Å². The van der Waals surface area contributed by atoms with Crippen LogP contribution in [0.15, 0.2) is 34.2 Å². The Bertz CT molecular complexity index is 600. The van der Waals surface area contributed by atoms with E-state index in [1.165, 1.54) is 21.9 Å². The second-order valence-electron chi connectivity index (χ2n) is 4.68. The molecule has 6 heteroatoms. The largest absolute Gasteiger partial charge is 0.343 e. The van der Waals surface area contributed by atoms with Crippen molar-refractivity contribution in [1.29, 1.82) is 0 Å². The van der Waals surface area contributed by atoms with Crippen molar-refractivity contribution in [2.24, 2.45) is 12.8 Å². The number of aryl methyl sites for hydroxylation is 1. The van der Waals surface area contributed by atoms with Crippen molar-refractivity contribution in [3.63, 3.8) is 0 Å². The highest BCUT2D eigenvalue weighted by atomic mass is 32.2. The number of H-pyrrole nitrogens is 1. The van der Waals surface area contributed by atoms with Gasteiger partial charge < -0.3 is 5.73 Å². The first-order valence-corrected chi connectivity index (χ1v) is 6.97. The maximum Gasteiger partial charge on any atom is 0.343 e. The molecule has 1 heterocycles. The second-order valence-corrected chi connectivity index (χ2v) is 5.79. The van der Waals surface area contributed by atoms with Crippen molar-refractivity contribution < 1.29 is 0 Å². The standard InChI is InChI=1S/C13H18N4OS/c1-8-4-6-10(7-5-8)11(9(2)14)19-13-16-15-12(18)17(13)3/h4-7,9,11H,14H2,1-3H3,(H,15,18). The minimum atomic E-state index is -0.213. The molecule has 0 saturated carbocycles. The topological polar surface area (TPSA) is 76.7 Å². The number of nitrogens with two attached hydrogens (primary N) is 1. The van der Waals surface area contributed by atoms with Crippen LogP contribution in [-0.2, 0) is 7.05 Å². The molecular formula is C13H18N4OS. The Kier molecular flexibility index (Phi) is 4.11. The highest BCUT2D eigenvalue weighted by molar-refractivity contribution is 7.99. The number of rotatable bonds is 4. The molecule has 3 N–H and O–H groups in total. The molecule has 0 radical (unpaired) electrons. The van der Waals surface area contributed by atoms with Crippen molar-refractivity contribution in [1.82, 2.24) is 14.8 Å². The zero-order chi connectivity index (χ0) is 14.0. The number of aromatic nitrogens is 3. The molecule has 0 spiro atoms. The summed E-state index contributed by atoms with van der Waals surface area (Å²) in [6.07, 6.45) is 0. The summed E-state index contributed by atoms with van der Waals surface area (Å²) in [5, 5.41) is 7.16. The molecule has 2 aromatic rings.